The number of alkyl halides is 1. The minimum atomic E-state index is -0.154. The van der Waals surface area contributed by atoms with E-state index in [0.29, 0.717) is 19.6 Å². The quantitative estimate of drug-likeness (QED) is 0.341. The highest BCUT2D eigenvalue weighted by atomic mass is 79.9. The Hall–Kier alpha value is -1.81. The number of fused-ring (bicyclic) bond motifs is 3. The largest absolute Gasteiger partial charge is 0.494 e. The van der Waals surface area contributed by atoms with E-state index in [1.807, 2.05) is 25.1 Å². The molecule has 0 bridgehead atoms. The van der Waals surface area contributed by atoms with Crippen molar-refractivity contribution in [2.24, 2.45) is 0 Å². The molecule has 0 amide bonds. The van der Waals surface area contributed by atoms with E-state index in [1.54, 1.807) is 0 Å². The van der Waals surface area contributed by atoms with Crippen molar-refractivity contribution in [3.8, 4) is 16.9 Å². The number of ether oxygens (including phenoxy) is 2. The van der Waals surface area contributed by atoms with Gasteiger partial charge in [0.25, 0.3) is 0 Å². The van der Waals surface area contributed by atoms with E-state index < -0.39 is 0 Å². The Kier molecular flexibility index (Phi) is 6.14. The number of benzene rings is 2. The first-order valence-electron chi connectivity index (χ1n) is 8.82. The molecule has 0 aliphatic heterocycles. The highest BCUT2D eigenvalue weighted by Crippen LogP contribution is 2.47. The Bertz CT molecular complexity index is 742. The summed E-state index contributed by atoms with van der Waals surface area (Å²) in [6, 6.07) is 14.5. The zero-order valence-electron chi connectivity index (χ0n) is 14.5. The second-order valence-electron chi connectivity index (χ2n) is 6.14. The van der Waals surface area contributed by atoms with Crippen molar-refractivity contribution in [2.75, 3.05) is 18.5 Å². The lowest BCUT2D eigenvalue weighted by atomic mass is 9.93. The first kappa shape index (κ1) is 18.0. The van der Waals surface area contributed by atoms with Crippen LogP contribution in [0.1, 0.15) is 43.2 Å². The molecule has 0 N–H and O–H groups in total. The van der Waals surface area contributed by atoms with Crippen LogP contribution >= 0.6 is 15.9 Å². The Morgan fingerprint density at radius 3 is 2.68 bits per heavy atom. The van der Waals surface area contributed by atoms with Crippen LogP contribution in [0.4, 0.5) is 0 Å². The van der Waals surface area contributed by atoms with Gasteiger partial charge in [0.15, 0.2) is 0 Å². The highest BCUT2D eigenvalue weighted by Gasteiger charge is 2.30. The Morgan fingerprint density at radius 1 is 1.08 bits per heavy atom. The van der Waals surface area contributed by atoms with E-state index in [9.17, 15) is 4.79 Å². The van der Waals surface area contributed by atoms with Gasteiger partial charge in [0.1, 0.15) is 5.75 Å². The fourth-order valence-electron chi connectivity index (χ4n) is 3.37. The lowest BCUT2D eigenvalue weighted by molar-refractivity contribution is -0.143. The molecule has 0 aromatic heterocycles. The van der Waals surface area contributed by atoms with Crippen molar-refractivity contribution in [1.82, 2.24) is 0 Å². The van der Waals surface area contributed by atoms with Crippen molar-refractivity contribution >= 4 is 21.9 Å². The summed E-state index contributed by atoms with van der Waals surface area (Å²) >= 11 is 3.44. The summed E-state index contributed by atoms with van der Waals surface area (Å²) in [5.74, 6) is 0.755. The summed E-state index contributed by atoms with van der Waals surface area (Å²) in [5.41, 5.74) is 4.75. The van der Waals surface area contributed by atoms with Crippen molar-refractivity contribution in [1.29, 1.82) is 0 Å². The summed E-state index contributed by atoms with van der Waals surface area (Å²) in [5, 5.41) is 0.997. The van der Waals surface area contributed by atoms with Gasteiger partial charge in [-0.05, 0) is 54.2 Å². The fourth-order valence-corrected chi connectivity index (χ4v) is 3.77. The van der Waals surface area contributed by atoms with Gasteiger partial charge in [-0.15, -0.1) is 0 Å². The van der Waals surface area contributed by atoms with Gasteiger partial charge in [-0.2, -0.15) is 0 Å². The summed E-state index contributed by atoms with van der Waals surface area (Å²) in [4.78, 5) is 12.1. The van der Waals surface area contributed by atoms with Crippen LogP contribution < -0.4 is 4.74 Å². The summed E-state index contributed by atoms with van der Waals surface area (Å²) in [6.45, 7) is 2.96. The number of esters is 1. The maximum atomic E-state index is 12.1. The molecule has 0 heterocycles. The highest BCUT2D eigenvalue weighted by molar-refractivity contribution is 9.09. The third kappa shape index (κ3) is 4.06. The van der Waals surface area contributed by atoms with Crippen LogP contribution in [0, 0.1) is 0 Å². The number of halogens is 1. The van der Waals surface area contributed by atoms with Crippen molar-refractivity contribution in [2.45, 2.75) is 32.1 Å². The van der Waals surface area contributed by atoms with Crippen LogP contribution in [0.25, 0.3) is 11.1 Å². The van der Waals surface area contributed by atoms with Crippen LogP contribution in [-0.4, -0.2) is 24.5 Å². The molecule has 1 aliphatic carbocycles. The summed E-state index contributed by atoms with van der Waals surface area (Å²) < 4.78 is 11.1. The van der Waals surface area contributed by atoms with Gasteiger partial charge >= 0.3 is 5.97 Å². The maximum Gasteiger partial charge on any atom is 0.306 e. The van der Waals surface area contributed by atoms with Gasteiger partial charge in [-0.25, -0.2) is 0 Å². The predicted octanol–water partition coefficient (Wildman–Crippen LogP) is 5.31. The molecule has 1 aliphatic rings. The number of hydrogen-bond acceptors (Lipinski definition) is 3. The molecule has 2 aromatic carbocycles. The lowest BCUT2D eigenvalue weighted by Crippen LogP contribution is -2.10. The SMILES string of the molecule is CCOC(=O)CC1c2ccccc2-c2ccc(OCCCCBr)cc21. The Labute approximate surface area is 157 Å². The smallest absolute Gasteiger partial charge is 0.306 e. The van der Waals surface area contributed by atoms with Crippen LogP contribution in [0.5, 0.6) is 5.75 Å². The minimum Gasteiger partial charge on any atom is -0.494 e. The number of carbonyl (C=O) groups excluding carboxylic acids is 1. The van der Waals surface area contributed by atoms with Crippen LogP contribution in [0.2, 0.25) is 0 Å². The number of carbonyl (C=O) groups is 1. The van der Waals surface area contributed by atoms with Crippen LogP contribution in [0.15, 0.2) is 42.5 Å². The minimum absolute atomic E-state index is 0.0383. The van der Waals surface area contributed by atoms with Crippen molar-refractivity contribution in [3.05, 3.63) is 53.6 Å². The van der Waals surface area contributed by atoms with Gasteiger partial charge < -0.3 is 9.47 Å². The van der Waals surface area contributed by atoms with Gasteiger partial charge in [-0.1, -0.05) is 46.3 Å². The zero-order chi connectivity index (χ0) is 17.6. The molecule has 2 aromatic rings. The molecule has 132 valence electrons. The topological polar surface area (TPSA) is 35.5 Å². The molecule has 3 rings (SSSR count). The third-order valence-corrected chi connectivity index (χ3v) is 5.06. The lowest BCUT2D eigenvalue weighted by Gasteiger charge is -2.14. The molecule has 0 radical (unpaired) electrons. The van der Waals surface area contributed by atoms with E-state index in [2.05, 4.69) is 40.2 Å². The van der Waals surface area contributed by atoms with E-state index in [4.69, 9.17) is 9.47 Å². The van der Waals surface area contributed by atoms with Gasteiger partial charge in [0.05, 0.1) is 19.6 Å². The third-order valence-electron chi connectivity index (χ3n) is 4.50. The fraction of sp³-hybridized carbons (Fsp3) is 0.381. The molecule has 0 spiro atoms. The average Bonchev–Trinajstić information content (AvgIpc) is 2.93. The monoisotopic (exact) mass is 402 g/mol. The first-order chi connectivity index (χ1) is 12.2. The molecule has 0 fully saturated rings. The zero-order valence-corrected chi connectivity index (χ0v) is 16.1. The van der Waals surface area contributed by atoms with E-state index in [1.165, 1.54) is 16.7 Å². The van der Waals surface area contributed by atoms with E-state index in [-0.39, 0.29) is 11.9 Å². The number of rotatable bonds is 8. The average molecular weight is 403 g/mol. The molecule has 25 heavy (non-hydrogen) atoms. The molecule has 4 heteroatoms. The van der Waals surface area contributed by atoms with E-state index in [0.717, 1.165) is 29.5 Å². The van der Waals surface area contributed by atoms with Crippen molar-refractivity contribution < 1.29 is 14.3 Å². The standard InChI is InChI=1S/C21H23BrO3/c1-2-24-21(23)14-20-17-8-4-3-7-16(17)18-10-9-15(13-19(18)20)25-12-6-5-11-22/h3-4,7-10,13,20H,2,5-6,11-12,14H2,1H3. The maximum absolute atomic E-state index is 12.1. The molecule has 3 nitrogen and oxygen atoms in total. The second kappa shape index (κ2) is 8.52. The van der Waals surface area contributed by atoms with Crippen LogP contribution in [-0.2, 0) is 9.53 Å². The molecule has 1 atom stereocenters. The number of hydrogen-bond donors (Lipinski definition) is 0. The molecule has 1 unspecified atom stereocenters. The van der Waals surface area contributed by atoms with E-state index >= 15 is 0 Å². The Balaban J connectivity index is 1.85. The number of unbranched alkanes of at least 4 members (excludes halogenated alkanes) is 1. The van der Waals surface area contributed by atoms with Gasteiger partial charge in [0.2, 0.25) is 0 Å². The first-order valence-corrected chi connectivity index (χ1v) is 9.94. The Morgan fingerprint density at radius 2 is 1.88 bits per heavy atom. The molecule has 0 saturated carbocycles. The van der Waals surface area contributed by atoms with Gasteiger partial charge in [-0.3, -0.25) is 4.79 Å². The predicted molar refractivity (Wildman–Crippen MR) is 103 cm³/mol. The second-order valence-corrected chi connectivity index (χ2v) is 6.94. The molecule has 0 saturated heterocycles. The molecular formula is C21H23BrO3. The normalized spacial score (nSPS) is 14.7. The van der Waals surface area contributed by atoms with Crippen molar-refractivity contribution in [3.63, 3.8) is 0 Å². The summed E-state index contributed by atoms with van der Waals surface area (Å²) in [6.07, 6.45) is 2.49. The molecular weight excluding hydrogens is 380 g/mol. The summed E-state index contributed by atoms with van der Waals surface area (Å²) in [7, 11) is 0. The van der Waals surface area contributed by atoms with Gasteiger partial charge in [0, 0.05) is 11.2 Å². The van der Waals surface area contributed by atoms with Crippen LogP contribution in [0.3, 0.4) is 0 Å².